The van der Waals surface area contributed by atoms with Crippen LogP contribution in [0.3, 0.4) is 0 Å². The third-order valence-corrected chi connectivity index (χ3v) is 5.26. The number of para-hydroxylation sites is 1. The van der Waals surface area contributed by atoms with Crippen LogP contribution in [0.25, 0.3) is 0 Å². The van der Waals surface area contributed by atoms with Gasteiger partial charge in [-0.15, -0.1) is 0 Å². The van der Waals surface area contributed by atoms with Crippen molar-refractivity contribution in [3.05, 3.63) is 29.3 Å². The highest BCUT2D eigenvalue weighted by atomic mass is 16.2. The minimum Gasteiger partial charge on any atom is -0.324 e. The van der Waals surface area contributed by atoms with Crippen LogP contribution in [0.1, 0.15) is 50.2 Å². The summed E-state index contributed by atoms with van der Waals surface area (Å²) in [5.41, 5.74) is 1.99. The van der Waals surface area contributed by atoms with Gasteiger partial charge in [0.15, 0.2) is 0 Å². The smallest absolute Gasteiger partial charge is 0.324 e. The molecule has 0 bridgehead atoms. The third kappa shape index (κ3) is 3.25. The lowest BCUT2D eigenvalue weighted by Crippen LogP contribution is -2.48. The number of carbonyl (C=O) groups is 3. The Morgan fingerprint density at radius 1 is 1.24 bits per heavy atom. The van der Waals surface area contributed by atoms with E-state index in [4.69, 9.17) is 0 Å². The molecule has 6 heteroatoms. The van der Waals surface area contributed by atoms with Gasteiger partial charge in [0.2, 0.25) is 5.91 Å². The number of amides is 4. The second-order valence-electron chi connectivity index (χ2n) is 6.97. The number of hydrogen-bond donors (Lipinski definition) is 2. The van der Waals surface area contributed by atoms with Crippen LogP contribution in [0.15, 0.2) is 18.2 Å². The molecule has 1 saturated heterocycles. The van der Waals surface area contributed by atoms with E-state index in [1.54, 1.807) is 0 Å². The van der Waals surface area contributed by atoms with Gasteiger partial charge in [0.05, 0.1) is 0 Å². The maximum atomic E-state index is 12.7. The Morgan fingerprint density at radius 3 is 2.64 bits per heavy atom. The standard InChI is InChI=1S/C19H25N3O3/c1-3-14-9-7-8-13(2)16(14)20-15(23)12-22-17(24)19(21-18(22)25)10-5-4-6-11-19/h7-9H,3-6,10-12H2,1-2H3,(H,20,23)(H,21,25). The van der Waals surface area contributed by atoms with Crippen LogP contribution in [0.4, 0.5) is 10.5 Å². The number of rotatable bonds is 4. The summed E-state index contributed by atoms with van der Waals surface area (Å²) in [6.07, 6.45) is 5.05. The molecule has 1 aliphatic carbocycles. The topological polar surface area (TPSA) is 78.5 Å². The summed E-state index contributed by atoms with van der Waals surface area (Å²) in [6.45, 7) is 3.71. The first-order chi connectivity index (χ1) is 12.0. The molecule has 134 valence electrons. The summed E-state index contributed by atoms with van der Waals surface area (Å²) in [5, 5.41) is 5.71. The summed E-state index contributed by atoms with van der Waals surface area (Å²) in [5.74, 6) is -0.604. The maximum absolute atomic E-state index is 12.7. The Balaban J connectivity index is 1.71. The molecule has 0 unspecified atom stereocenters. The molecule has 1 aromatic carbocycles. The number of anilines is 1. The van der Waals surface area contributed by atoms with Gasteiger partial charge in [-0.25, -0.2) is 4.79 Å². The van der Waals surface area contributed by atoms with Gasteiger partial charge in [-0.05, 0) is 37.3 Å². The average molecular weight is 343 g/mol. The molecule has 1 saturated carbocycles. The van der Waals surface area contributed by atoms with Crippen molar-refractivity contribution in [2.45, 2.75) is 57.9 Å². The van der Waals surface area contributed by atoms with E-state index in [9.17, 15) is 14.4 Å². The number of nitrogens with zero attached hydrogens (tertiary/aromatic N) is 1. The molecule has 25 heavy (non-hydrogen) atoms. The van der Waals surface area contributed by atoms with Crippen molar-refractivity contribution in [3.8, 4) is 0 Å². The van der Waals surface area contributed by atoms with Crippen molar-refractivity contribution in [3.63, 3.8) is 0 Å². The Hall–Kier alpha value is -2.37. The summed E-state index contributed by atoms with van der Waals surface area (Å²) in [4.78, 5) is 38.5. The average Bonchev–Trinajstić information content (AvgIpc) is 2.81. The Kier molecular flexibility index (Phi) is 4.79. The largest absolute Gasteiger partial charge is 0.325 e. The summed E-state index contributed by atoms with van der Waals surface area (Å²) in [6, 6.07) is 5.39. The fraction of sp³-hybridized carbons (Fsp3) is 0.526. The molecule has 1 aromatic rings. The van der Waals surface area contributed by atoms with E-state index in [-0.39, 0.29) is 18.4 Å². The zero-order valence-corrected chi connectivity index (χ0v) is 14.9. The van der Waals surface area contributed by atoms with Gasteiger partial charge in [-0.1, -0.05) is 44.4 Å². The van der Waals surface area contributed by atoms with Crippen LogP contribution in [0.2, 0.25) is 0 Å². The number of nitrogens with one attached hydrogen (secondary N) is 2. The van der Waals surface area contributed by atoms with Crippen molar-refractivity contribution in [1.29, 1.82) is 0 Å². The fourth-order valence-corrected chi connectivity index (χ4v) is 3.84. The van der Waals surface area contributed by atoms with E-state index in [1.807, 2.05) is 32.0 Å². The highest BCUT2D eigenvalue weighted by Crippen LogP contribution is 2.33. The van der Waals surface area contributed by atoms with Crippen LogP contribution in [0, 0.1) is 6.92 Å². The van der Waals surface area contributed by atoms with Crippen LogP contribution >= 0.6 is 0 Å². The van der Waals surface area contributed by atoms with E-state index in [0.29, 0.717) is 12.8 Å². The van der Waals surface area contributed by atoms with Crippen molar-refractivity contribution < 1.29 is 14.4 Å². The minimum absolute atomic E-state index is 0.246. The van der Waals surface area contributed by atoms with E-state index in [2.05, 4.69) is 10.6 Å². The molecule has 6 nitrogen and oxygen atoms in total. The van der Waals surface area contributed by atoms with E-state index >= 15 is 0 Å². The highest BCUT2D eigenvalue weighted by Gasteiger charge is 2.51. The van der Waals surface area contributed by atoms with Crippen molar-refractivity contribution >= 4 is 23.5 Å². The van der Waals surface area contributed by atoms with Crippen molar-refractivity contribution in [2.24, 2.45) is 0 Å². The summed E-state index contributed by atoms with van der Waals surface area (Å²) in [7, 11) is 0. The molecule has 4 amide bonds. The van der Waals surface area contributed by atoms with Gasteiger partial charge in [0.1, 0.15) is 12.1 Å². The van der Waals surface area contributed by atoms with Gasteiger partial charge in [0, 0.05) is 5.69 Å². The molecule has 1 heterocycles. The number of imide groups is 1. The predicted molar refractivity (Wildman–Crippen MR) is 95.2 cm³/mol. The molecule has 1 spiro atoms. The first kappa shape index (κ1) is 17.5. The zero-order chi connectivity index (χ0) is 18.0. The number of benzene rings is 1. The third-order valence-electron chi connectivity index (χ3n) is 5.26. The maximum Gasteiger partial charge on any atom is 0.325 e. The molecule has 0 atom stereocenters. The Bertz CT molecular complexity index is 708. The van der Waals surface area contributed by atoms with Crippen LogP contribution in [0.5, 0.6) is 0 Å². The summed E-state index contributed by atoms with van der Waals surface area (Å²) >= 11 is 0. The van der Waals surface area contributed by atoms with E-state index in [0.717, 1.165) is 47.4 Å². The molecular weight excluding hydrogens is 318 g/mol. The quantitative estimate of drug-likeness (QED) is 0.825. The normalized spacial score (nSPS) is 19.2. The van der Waals surface area contributed by atoms with Gasteiger partial charge in [-0.2, -0.15) is 0 Å². The zero-order valence-electron chi connectivity index (χ0n) is 14.9. The second-order valence-corrected chi connectivity index (χ2v) is 6.97. The number of hydrogen-bond acceptors (Lipinski definition) is 3. The van der Waals surface area contributed by atoms with Crippen LogP contribution in [-0.2, 0) is 16.0 Å². The number of carbonyl (C=O) groups excluding carboxylic acids is 3. The SMILES string of the molecule is CCc1cccc(C)c1NC(=O)CN1C(=O)NC2(CCCCC2)C1=O. The van der Waals surface area contributed by atoms with E-state index < -0.39 is 11.6 Å². The first-order valence-corrected chi connectivity index (χ1v) is 8.99. The van der Waals surface area contributed by atoms with Gasteiger partial charge in [-0.3, -0.25) is 14.5 Å². The molecule has 0 radical (unpaired) electrons. The second kappa shape index (κ2) is 6.86. The van der Waals surface area contributed by atoms with Gasteiger partial charge in [0.25, 0.3) is 5.91 Å². The lowest BCUT2D eigenvalue weighted by atomic mass is 9.82. The Labute approximate surface area is 148 Å². The minimum atomic E-state index is -0.785. The fourth-order valence-electron chi connectivity index (χ4n) is 3.84. The molecule has 2 N–H and O–H groups in total. The first-order valence-electron chi connectivity index (χ1n) is 8.99. The molecule has 0 aromatic heterocycles. The number of aryl methyl sites for hydroxylation is 2. The monoisotopic (exact) mass is 343 g/mol. The van der Waals surface area contributed by atoms with Gasteiger partial charge >= 0.3 is 6.03 Å². The Morgan fingerprint density at radius 2 is 1.96 bits per heavy atom. The molecule has 3 rings (SSSR count). The molecule has 2 fully saturated rings. The van der Waals surface area contributed by atoms with E-state index in [1.165, 1.54) is 0 Å². The molecule has 2 aliphatic rings. The van der Waals surface area contributed by atoms with Crippen molar-refractivity contribution in [2.75, 3.05) is 11.9 Å². The van der Waals surface area contributed by atoms with Gasteiger partial charge < -0.3 is 10.6 Å². The lowest BCUT2D eigenvalue weighted by Gasteiger charge is -2.30. The molecule has 1 aliphatic heterocycles. The molecular formula is C19H25N3O3. The summed E-state index contributed by atoms with van der Waals surface area (Å²) < 4.78 is 0. The lowest BCUT2D eigenvalue weighted by molar-refractivity contribution is -0.134. The van der Waals surface area contributed by atoms with Crippen molar-refractivity contribution in [1.82, 2.24) is 10.2 Å². The van der Waals surface area contributed by atoms with Crippen LogP contribution in [-0.4, -0.2) is 34.8 Å². The highest BCUT2D eigenvalue weighted by molar-refractivity contribution is 6.10. The predicted octanol–water partition coefficient (Wildman–Crippen LogP) is 2.75. The number of urea groups is 1. The van der Waals surface area contributed by atoms with Crippen LogP contribution < -0.4 is 10.6 Å².